The molecule has 26 heavy (non-hydrogen) atoms. The van der Waals surface area contributed by atoms with Gasteiger partial charge in [-0.2, -0.15) is 5.26 Å². The summed E-state index contributed by atoms with van der Waals surface area (Å²) in [5.41, 5.74) is 1.29. The number of nitrogens with one attached hydrogen (secondary N) is 3. The molecule has 0 saturated heterocycles. The van der Waals surface area contributed by atoms with Crippen molar-refractivity contribution in [1.29, 1.82) is 5.26 Å². The van der Waals surface area contributed by atoms with Gasteiger partial charge >= 0.3 is 0 Å². The number of hydrogen-bond donors (Lipinski definition) is 4. The molecule has 138 valence electrons. The number of aliphatic hydroxyl groups excluding tert-OH is 1. The van der Waals surface area contributed by atoms with Crippen LogP contribution >= 0.6 is 0 Å². The van der Waals surface area contributed by atoms with E-state index in [0.29, 0.717) is 5.82 Å². The van der Waals surface area contributed by atoms with Crippen molar-refractivity contribution in [1.82, 2.24) is 15.3 Å². The van der Waals surface area contributed by atoms with E-state index in [1.807, 2.05) is 51.1 Å². The number of aromatic amines is 1. The third-order valence-corrected chi connectivity index (χ3v) is 4.10. The van der Waals surface area contributed by atoms with Crippen LogP contribution in [0.3, 0.4) is 0 Å². The van der Waals surface area contributed by atoms with E-state index in [0.717, 1.165) is 15.9 Å². The second-order valence-electron chi connectivity index (χ2n) is 7.52. The number of allylic oxidation sites excluding steroid dienone is 1. The lowest BCUT2D eigenvalue weighted by molar-refractivity contribution is -0.891. The second kappa shape index (κ2) is 7.58. The highest BCUT2D eigenvalue weighted by Crippen LogP contribution is 2.19. The highest BCUT2D eigenvalue weighted by atomic mass is 16.3. The molecule has 1 heterocycles. The maximum Gasteiger partial charge on any atom is 0.275 e. The van der Waals surface area contributed by atoms with Crippen LogP contribution in [-0.4, -0.2) is 46.2 Å². The number of aromatic nitrogens is 2. The summed E-state index contributed by atoms with van der Waals surface area (Å²) in [7, 11) is 1.80. The summed E-state index contributed by atoms with van der Waals surface area (Å²) >= 11 is 0. The summed E-state index contributed by atoms with van der Waals surface area (Å²) in [5.74, 6) is 0.120. The van der Waals surface area contributed by atoms with E-state index in [1.165, 1.54) is 0 Å². The molecular formula is C19H26N5O2+. The molecule has 0 aliphatic carbocycles. The lowest BCUT2D eigenvalue weighted by atomic mass is 10.1. The molecule has 0 spiro atoms. The van der Waals surface area contributed by atoms with Gasteiger partial charge < -0.3 is 20.3 Å². The van der Waals surface area contributed by atoms with Gasteiger partial charge in [-0.05, 0) is 39.8 Å². The van der Waals surface area contributed by atoms with E-state index in [2.05, 4.69) is 15.3 Å². The zero-order chi connectivity index (χ0) is 19.5. The van der Waals surface area contributed by atoms with Crippen molar-refractivity contribution in [2.75, 3.05) is 13.6 Å². The number of carbonyl (C=O) groups excluding carboxylic acids is 1. The Morgan fingerprint density at radius 2 is 2.08 bits per heavy atom. The van der Waals surface area contributed by atoms with Crippen molar-refractivity contribution >= 4 is 22.5 Å². The van der Waals surface area contributed by atoms with Gasteiger partial charge in [-0.15, -0.1) is 0 Å². The van der Waals surface area contributed by atoms with Gasteiger partial charge in [-0.3, -0.25) is 4.79 Å². The molecule has 0 fully saturated rings. The zero-order valence-electron chi connectivity index (χ0n) is 15.8. The molecule has 1 aromatic carbocycles. The standard InChI is InChI=1S/C19H25N5O2/c1-12(24(5)11-16(25)23-19(2,3)4)17(26)13(10-20)18-21-14-8-6-7-9-15(14)22-18/h6-9,12,26H,11H2,1-5H3,(H,21,22)(H,23,25)/p+1/b17-13-/t12-/m0/s1. The molecule has 0 radical (unpaired) electrons. The quantitative estimate of drug-likeness (QED) is 0.477. The molecule has 7 nitrogen and oxygen atoms in total. The number of nitriles is 1. The van der Waals surface area contributed by atoms with Crippen molar-refractivity contribution in [2.45, 2.75) is 39.3 Å². The van der Waals surface area contributed by atoms with E-state index in [4.69, 9.17) is 0 Å². The maximum atomic E-state index is 12.1. The fourth-order valence-electron chi connectivity index (χ4n) is 2.62. The first-order chi connectivity index (χ1) is 12.1. The largest absolute Gasteiger partial charge is 0.505 e. The Hall–Kier alpha value is -2.85. The van der Waals surface area contributed by atoms with Crippen molar-refractivity contribution in [2.24, 2.45) is 0 Å². The predicted molar refractivity (Wildman–Crippen MR) is 100 cm³/mol. The van der Waals surface area contributed by atoms with Crippen LogP contribution in [0.15, 0.2) is 30.0 Å². The number of hydrogen-bond acceptors (Lipinski definition) is 4. The summed E-state index contributed by atoms with van der Waals surface area (Å²) < 4.78 is 0. The SMILES string of the molecule is C[C@@H](/C(O)=C(\C#N)c1nc2ccccc2[nH]1)[NH+](C)CC(=O)NC(C)(C)C. The molecule has 0 aliphatic rings. The minimum atomic E-state index is -0.441. The van der Waals surface area contributed by atoms with Gasteiger partial charge in [0.25, 0.3) is 5.91 Å². The van der Waals surface area contributed by atoms with Crippen molar-refractivity contribution in [3.8, 4) is 6.07 Å². The number of benzene rings is 1. The Balaban J connectivity index is 2.23. The summed E-state index contributed by atoms with van der Waals surface area (Å²) in [6.45, 7) is 7.69. The number of fused-ring (bicyclic) bond motifs is 1. The maximum absolute atomic E-state index is 12.1. The summed E-state index contributed by atoms with van der Waals surface area (Å²) in [5, 5.41) is 23.0. The molecule has 0 aliphatic heterocycles. The van der Waals surface area contributed by atoms with E-state index >= 15 is 0 Å². The highest BCUT2D eigenvalue weighted by molar-refractivity contribution is 5.83. The van der Waals surface area contributed by atoms with Crippen LogP contribution in [0, 0.1) is 11.3 Å². The van der Waals surface area contributed by atoms with Crippen molar-refractivity contribution in [3.63, 3.8) is 0 Å². The lowest BCUT2D eigenvalue weighted by Gasteiger charge is -2.24. The summed E-state index contributed by atoms with van der Waals surface area (Å²) in [6, 6.07) is 9.00. The Morgan fingerprint density at radius 3 is 2.65 bits per heavy atom. The van der Waals surface area contributed by atoms with E-state index in [-0.39, 0.29) is 29.3 Å². The Kier molecular flexibility index (Phi) is 5.68. The van der Waals surface area contributed by atoms with Crippen LogP contribution in [-0.2, 0) is 4.79 Å². The molecule has 0 saturated carbocycles. The predicted octanol–water partition coefficient (Wildman–Crippen LogP) is 1.17. The van der Waals surface area contributed by atoms with Crippen molar-refractivity contribution in [3.05, 3.63) is 35.8 Å². The third kappa shape index (κ3) is 4.61. The van der Waals surface area contributed by atoms with Crippen LogP contribution in [0.5, 0.6) is 0 Å². The highest BCUT2D eigenvalue weighted by Gasteiger charge is 2.26. The van der Waals surface area contributed by atoms with Crippen LogP contribution in [0.2, 0.25) is 0 Å². The van der Waals surface area contributed by atoms with Gasteiger partial charge in [0.2, 0.25) is 0 Å². The smallest absolute Gasteiger partial charge is 0.275 e. The number of rotatable bonds is 5. The number of quaternary nitrogens is 1. The molecule has 1 unspecified atom stereocenters. The molecule has 4 N–H and O–H groups in total. The molecule has 7 heteroatoms. The van der Waals surface area contributed by atoms with Gasteiger partial charge in [0.15, 0.2) is 18.1 Å². The molecule has 2 rings (SSSR count). The second-order valence-corrected chi connectivity index (χ2v) is 7.52. The monoisotopic (exact) mass is 356 g/mol. The number of H-pyrrole nitrogens is 1. The van der Waals surface area contributed by atoms with Crippen LogP contribution < -0.4 is 10.2 Å². The molecule has 0 bridgehead atoms. The van der Waals surface area contributed by atoms with Gasteiger partial charge in [0, 0.05) is 5.54 Å². The Bertz CT molecular complexity index is 837. The fraction of sp³-hybridized carbons (Fsp3) is 0.421. The lowest BCUT2D eigenvalue weighted by Crippen LogP contribution is -3.14. The van der Waals surface area contributed by atoms with Crippen LogP contribution in [0.25, 0.3) is 16.6 Å². The van der Waals surface area contributed by atoms with E-state index < -0.39 is 6.04 Å². The van der Waals surface area contributed by atoms with Gasteiger partial charge in [-0.25, -0.2) is 4.98 Å². The first kappa shape index (κ1) is 19.5. The molecule has 1 amide bonds. The number of imidazole rings is 1. The number of carbonyl (C=O) groups is 1. The van der Waals surface area contributed by atoms with Crippen LogP contribution in [0.4, 0.5) is 0 Å². The summed E-state index contributed by atoms with van der Waals surface area (Å²) in [6.07, 6.45) is 0. The molecular weight excluding hydrogens is 330 g/mol. The first-order valence-corrected chi connectivity index (χ1v) is 8.54. The number of nitrogens with zero attached hydrogens (tertiary/aromatic N) is 2. The number of likely N-dealkylation sites (N-methyl/N-ethyl adjacent to an activating group) is 1. The normalized spacial score (nSPS) is 15.1. The average Bonchev–Trinajstić information content (AvgIpc) is 2.96. The van der Waals surface area contributed by atoms with Gasteiger partial charge in [0.05, 0.1) is 18.1 Å². The average molecular weight is 356 g/mol. The fourth-order valence-corrected chi connectivity index (χ4v) is 2.62. The van der Waals surface area contributed by atoms with Gasteiger partial charge in [0.1, 0.15) is 17.7 Å². The molecule has 2 aromatic rings. The zero-order valence-corrected chi connectivity index (χ0v) is 15.8. The Labute approximate surface area is 153 Å². The number of aliphatic hydroxyl groups is 1. The van der Waals surface area contributed by atoms with Crippen LogP contribution in [0.1, 0.15) is 33.5 Å². The van der Waals surface area contributed by atoms with Crippen molar-refractivity contribution < 1.29 is 14.8 Å². The Morgan fingerprint density at radius 1 is 1.42 bits per heavy atom. The number of para-hydroxylation sites is 2. The van der Waals surface area contributed by atoms with Gasteiger partial charge in [-0.1, -0.05) is 12.1 Å². The first-order valence-electron chi connectivity index (χ1n) is 8.54. The third-order valence-electron chi connectivity index (χ3n) is 4.10. The minimum absolute atomic E-state index is 0.0873. The van der Waals surface area contributed by atoms with E-state index in [9.17, 15) is 15.2 Å². The number of amides is 1. The van der Waals surface area contributed by atoms with E-state index in [1.54, 1.807) is 14.0 Å². The summed E-state index contributed by atoms with van der Waals surface area (Å²) in [4.78, 5) is 20.3. The molecule has 2 atom stereocenters. The minimum Gasteiger partial charge on any atom is -0.505 e. The topological polar surface area (TPSA) is 106 Å². The molecule has 1 aromatic heterocycles.